The molecule has 0 aromatic heterocycles. The van der Waals surface area contributed by atoms with Crippen LogP contribution in [-0.4, -0.2) is 36.2 Å². The summed E-state index contributed by atoms with van der Waals surface area (Å²) < 4.78 is 5.28. The lowest BCUT2D eigenvalue weighted by Gasteiger charge is -2.33. The number of rotatable bonds is 6. The number of Topliss-reactive ketones (excluding diaryl/α,β-unsaturated/α-hetero) is 1. The zero-order valence-corrected chi connectivity index (χ0v) is 20.9. The zero-order chi connectivity index (χ0) is 26.3. The Morgan fingerprint density at radius 3 is 2.32 bits per heavy atom. The lowest BCUT2D eigenvalue weighted by molar-refractivity contribution is -0.152. The molecule has 4 atom stereocenters. The van der Waals surface area contributed by atoms with Crippen LogP contribution in [0.3, 0.4) is 0 Å². The third-order valence-electron chi connectivity index (χ3n) is 7.56. The molecule has 2 aliphatic rings. The predicted molar refractivity (Wildman–Crippen MR) is 138 cm³/mol. The standard InChI is InChI=1S/C30H28N2O5/c1-18-10-7-8-15-23(18)26-24-25(30(31-26,29(36)37-3)17-20-11-5-4-6-12-20)28(35)32(27(24)34)22-14-9-13-21(16-22)19(2)33/h4-16,24-26,31H,17H2,1-3H3/t24-,25-,26-,30-/m1/s1. The van der Waals surface area contributed by atoms with E-state index in [1.54, 1.807) is 24.3 Å². The molecule has 2 aliphatic heterocycles. The molecule has 0 bridgehead atoms. The van der Waals surface area contributed by atoms with Crippen LogP contribution in [0.15, 0.2) is 78.9 Å². The van der Waals surface area contributed by atoms with E-state index in [0.717, 1.165) is 21.6 Å². The summed E-state index contributed by atoms with van der Waals surface area (Å²) in [5.41, 5.74) is 1.87. The average Bonchev–Trinajstić information content (AvgIpc) is 3.38. The van der Waals surface area contributed by atoms with E-state index in [0.29, 0.717) is 11.3 Å². The Balaban J connectivity index is 1.69. The quantitative estimate of drug-likeness (QED) is 0.317. The number of nitrogens with one attached hydrogen (secondary N) is 1. The van der Waals surface area contributed by atoms with Gasteiger partial charge in [-0.25, -0.2) is 4.90 Å². The van der Waals surface area contributed by atoms with Gasteiger partial charge >= 0.3 is 5.97 Å². The minimum Gasteiger partial charge on any atom is -0.468 e. The van der Waals surface area contributed by atoms with Gasteiger partial charge in [-0.2, -0.15) is 0 Å². The second-order valence-corrected chi connectivity index (χ2v) is 9.73. The van der Waals surface area contributed by atoms with Crippen molar-refractivity contribution in [3.8, 4) is 0 Å². The number of nitrogens with zero attached hydrogens (tertiary/aromatic N) is 1. The van der Waals surface area contributed by atoms with Gasteiger partial charge in [0.1, 0.15) is 5.54 Å². The lowest BCUT2D eigenvalue weighted by atomic mass is 9.76. The van der Waals surface area contributed by atoms with Crippen molar-refractivity contribution in [2.75, 3.05) is 12.0 Å². The lowest BCUT2D eigenvalue weighted by Crippen LogP contribution is -2.57. The van der Waals surface area contributed by atoms with Crippen LogP contribution < -0.4 is 10.2 Å². The second-order valence-electron chi connectivity index (χ2n) is 9.73. The van der Waals surface area contributed by atoms with Gasteiger partial charge in [0.25, 0.3) is 0 Å². The van der Waals surface area contributed by atoms with Crippen LogP contribution in [0.1, 0.15) is 40.0 Å². The molecule has 0 saturated carbocycles. The maximum atomic E-state index is 14.1. The summed E-state index contributed by atoms with van der Waals surface area (Å²) in [5.74, 6) is -3.50. The molecule has 5 rings (SSSR count). The number of imide groups is 1. The van der Waals surface area contributed by atoms with Crippen molar-refractivity contribution >= 4 is 29.3 Å². The molecule has 0 spiro atoms. The van der Waals surface area contributed by atoms with Crippen molar-refractivity contribution < 1.29 is 23.9 Å². The van der Waals surface area contributed by atoms with Crippen molar-refractivity contribution in [3.63, 3.8) is 0 Å². The van der Waals surface area contributed by atoms with Crippen molar-refractivity contribution in [1.29, 1.82) is 0 Å². The van der Waals surface area contributed by atoms with Crippen molar-refractivity contribution in [2.45, 2.75) is 31.8 Å². The molecule has 2 saturated heterocycles. The molecular weight excluding hydrogens is 468 g/mol. The minimum absolute atomic E-state index is 0.171. The first-order chi connectivity index (χ1) is 17.8. The summed E-state index contributed by atoms with van der Waals surface area (Å²) in [7, 11) is 1.29. The summed E-state index contributed by atoms with van der Waals surface area (Å²) in [6, 6.07) is 22.9. The SMILES string of the molecule is COC(=O)[C@]1(Cc2ccccc2)N[C@H](c2ccccc2C)[C@@H]2C(=O)N(c3cccc(C(C)=O)c3)C(=O)[C@@H]21. The van der Waals surface area contributed by atoms with Gasteiger partial charge in [0.2, 0.25) is 11.8 Å². The van der Waals surface area contributed by atoms with Crippen LogP contribution in [0.2, 0.25) is 0 Å². The van der Waals surface area contributed by atoms with Crippen molar-refractivity contribution in [3.05, 3.63) is 101 Å². The first kappa shape index (κ1) is 24.6. The number of fused-ring (bicyclic) bond motifs is 1. The van der Waals surface area contributed by atoms with Gasteiger partial charge in [-0.1, -0.05) is 66.7 Å². The van der Waals surface area contributed by atoms with E-state index >= 15 is 0 Å². The number of aryl methyl sites for hydroxylation is 1. The Kier molecular flexibility index (Phi) is 6.25. The van der Waals surface area contributed by atoms with Crippen LogP contribution in [0.5, 0.6) is 0 Å². The monoisotopic (exact) mass is 496 g/mol. The van der Waals surface area contributed by atoms with E-state index in [1.807, 2.05) is 61.5 Å². The number of esters is 1. The molecule has 37 heavy (non-hydrogen) atoms. The van der Waals surface area contributed by atoms with Crippen molar-refractivity contribution in [2.24, 2.45) is 11.8 Å². The highest BCUT2D eigenvalue weighted by Crippen LogP contribution is 2.51. The molecule has 2 fully saturated rings. The Hall–Kier alpha value is -4.10. The molecule has 3 aromatic carbocycles. The van der Waals surface area contributed by atoms with Gasteiger partial charge in [0.05, 0.1) is 24.6 Å². The summed E-state index contributed by atoms with van der Waals surface area (Å²) in [4.78, 5) is 54.9. The number of carbonyl (C=O) groups excluding carboxylic acids is 4. The number of ether oxygens (including phenoxy) is 1. The molecule has 7 heteroatoms. The molecule has 1 N–H and O–H groups in total. The summed E-state index contributed by atoms with van der Waals surface area (Å²) in [6.07, 6.45) is 0.171. The van der Waals surface area contributed by atoms with E-state index in [-0.39, 0.29) is 12.2 Å². The minimum atomic E-state index is -1.46. The Morgan fingerprint density at radius 2 is 1.65 bits per heavy atom. The molecule has 0 radical (unpaired) electrons. The van der Waals surface area contributed by atoms with Crippen LogP contribution in [0.25, 0.3) is 0 Å². The molecule has 3 aromatic rings. The molecule has 2 amide bonds. The highest BCUT2D eigenvalue weighted by molar-refractivity contribution is 6.24. The van der Waals surface area contributed by atoms with Gasteiger partial charge in [-0.3, -0.25) is 24.5 Å². The summed E-state index contributed by atoms with van der Waals surface area (Å²) in [6.45, 7) is 3.37. The normalized spacial score (nSPS) is 24.7. The van der Waals surface area contributed by atoms with Crippen LogP contribution in [0, 0.1) is 18.8 Å². The average molecular weight is 497 g/mol. The third kappa shape index (κ3) is 3.96. The number of hydrogen-bond acceptors (Lipinski definition) is 6. The largest absolute Gasteiger partial charge is 0.468 e. The smallest absolute Gasteiger partial charge is 0.327 e. The molecular formula is C30H28N2O5. The molecule has 2 heterocycles. The van der Waals surface area contributed by atoms with E-state index in [2.05, 4.69) is 5.32 Å². The molecule has 0 unspecified atom stereocenters. The van der Waals surface area contributed by atoms with Gasteiger partial charge in [0, 0.05) is 18.0 Å². The fourth-order valence-corrected chi connectivity index (χ4v) is 5.85. The number of benzene rings is 3. The highest BCUT2D eigenvalue weighted by Gasteiger charge is 2.69. The van der Waals surface area contributed by atoms with Crippen molar-refractivity contribution in [1.82, 2.24) is 5.32 Å². The fraction of sp³-hybridized carbons (Fsp3) is 0.267. The van der Waals surface area contributed by atoms with Crippen LogP contribution in [0.4, 0.5) is 5.69 Å². The van der Waals surface area contributed by atoms with E-state index < -0.39 is 41.2 Å². The highest BCUT2D eigenvalue weighted by atomic mass is 16.5. The Bertz CT molecular complexity index is 1400. The number of amides is 2. The Morgan fingerprint density at radius 1 is 0.946 bits per heavy atom. The predicted octanol–water partition coefficient (Wildman–Crippen LogP) is 3.80. The first-order valence-electron chi connectivity index (χ1n) is 12.2. The topological polar surface area (TPSA) is 92.8 Å². The fourth-order valence-electron chi connectivity index (χ4n) is 5.85. The van der Waals surface area contributed by atoms with Gasteiger partial charge in [-0.15, -0.1) is 0 Å². The number of carbonyl (C=O) groups is 4. The van der Waals surface area contributed by atoms with Gasteiger partial charge in [0.15, 0.2) is 5.78 Å². The number of anilines is 1. The van der Waals surface area contributed by atoms with E-state index in [4.69, 9.17) is 4.74 Å². The molecule has 0 aliphatic carbocycles. The van der Waals surface area contributed by atoms with Crippen LogP contribution in [-0.2, 0) is 25.5 Å². The maximum Gasteiger partial charge on any atom is 0.327 e. The summed E-state index contributed by atoms with van der Waals surface area (Å²) >= 11 is 0. The van der Waals surface area contributed by atoms with E-state index in [9.17, 15) is 19.2 Å². The third-order valence-corrected chi connectivity index (χ3v) is 7.56. The molecule has 7 nitrogen and oxygen atoms in total. The van der Waals surface area contributed by atoms with Gasteiger partial charge in [-0.05, 0) is 42.7 Å². The zero-order valence-electron chi connectivity index (χ0n) is 20.9. The second kappa shape index (κ2) is 9.41. The molecule has 188 valence electrons. The summed E-state index contributed by atoms with van der Waals surface area (Å²) in [5, 5.41) is 3.43. The van der Waals surface area contributed by atoms with Gasteiger partial charge < -0.3 is 4.74 Å². The Labute approximate surface area is 215 Å². The number of hydrogen-bond donors (Lipinski definition) is 1. The maximum absolute atomic E-state index is 14.1. The van der Waals surface area contributed by atoms with Crippen LogP contribution >= 0.6 is 0 Å². The van der Waals surface area contributed by atoms with E-state index in [1.165, 1.54) is 14.0 Å². The first-order valence-corrected chi connectivity index (χ1v) is 12.2. The number of methoxy groups -OCH3 is 1. The number of ketones is 1.